The summed E-state index contributed by atoms with van der Waals surface area (Å²) in [4.78, 5) is 17.8. The van der Waals surface area contributed by atoms with Crippen LogP contribution in [0.25, 0.3) is 11.0 Å². The molecule has 0 aliphatic carbocycles. The smallest absolute Gasteiger partial charge is 0.261 e. The van der Waals surface area contributed by atoms with Crippen LogP contribution in [0.5, 0.6) is 0 Å². The van der Waals surface area contributed by atoms with Crippen molar-refractivity contribution in [1.82, 2.24) is 0 Å². The molecule has 150 valence electrons. The number of hydrogen-bond acceptors (Lipinski definition) is 3. The van der Waals surface area contributed by atoms with E-state index in [1.54, 1.807) is 12.1 Å². The highest BCUT2D eigenvalue weighted by Crippen LogP contribution is 2.25. The molecule has 0 atom stereocenters. The molecule has 3 aromatic carbocycles. The van der Waals surface area contributed by atoms with Crippen LogP contribution in [0, 0.1) is 20.8 Å². The van der Waals surface area contributed by atoms with Gasteiger partial charge in [0, 0.05) is 16.1 Å². The van der Waals surface area contributed by atoms with Gasteiger partial charge in [0.05, 0.1) is 5.69 Å². The van der Waals surface area contributed by atoms with Gasteiger partial charge in [-0.2, -0.15) is 0 Å². The molecule has 0 bridgehead atoms. The molecular weight excluding hydrogens is 396 g/mol. The van der Waals surface area contributed by atoms with Crippen LogP contribution < -0.4 is 10.9 Å². The van der Waals surface area contributed by atoms with Gasteiger partial charge in [0.2, 0.25) is 5.55 Å². The van der Waals surface area contributed by atoms with Gasteiger partial charge in [-0.3, -0.25) is 4.79 Å². The average Bonchev–Trinajstić information content (AvgIpc) is 2.73. The number of hydrogen-bond donors (Lipinski definition) is 1. The Kier molecular flexibility index (Phi) is 5.42. The van der Waals surface area contributed by atoms with E-state index >= 15 is 0 Å². The highest BCUT2D eigenvalue weighted by molar-refractivity contribution is 6.31. The third-order valence-corrected chi connectivity index (χ3v) is 5.40. The van der Waals surface area contributed by atoms with Gasteiger partial charge in [0.1, 0.15) is 11.1 Å². The van der Waals surface area contributed by atoms with Crippen molar-refractivity contribution in [3.05, 3.63) is 99.6 Å². The van der Waals surface area contributed by atoms with Crippen LogP contribution in [-0.2, 0) is 0 Å². The van der Waals surface area contributed by atoms with Gasteiger partial charge in [-0.25, -0.2) is 4.99 Å². The molecule has 1 N–H and O–H groups in total. The maximum absolute atomic E-state index is 13.2. The topological polar surface area (TPSA) is 54.6 Å². The van der Waals surface area contributed by atoms with Crippen LogP contribution in [0.2, 0.25) is 5.02 Å². The first kappa shape index (κ1) is 19.9. The first-order valence-corrected chi connectivity index (χ1v) is 10.0. The minimum absolute atomic E-state index is 0.237. The Balaban J connectivity index is 1.87. The lowest BCUT2D eigenvalue weighted by molar-refractivity contribution is 0.102. The number of anilines is 1. The number of carbonyl (C=O) groups excluding carboxylic acids is 1. The molecule has 4 nitrogen and oxygen atoms in total. The Labute approximate surface area is 179 Å². The van der Waals surface area contributed by atoms with Crippen molar-refractivity contribution in [2.45, 2.75) is 20.8 Å². The van der Waals surface area contributed by atoms with Crippen molar-refractivity contribution >= 4 is 39.9 Å². The Morgan fingerprint density at radius 2 is 1.77 bits per heavy atom. The fourth-order valence-corrected chi connectivity index (χ4v) is 3.45. The summed E-state index contributed by atoms with van der Waals surface area (Å²) < 4.78 is 6.03. The van der Waals surface area contributed by atoms with Crippen LogP contribution in [0.15, 0.2) is 76.1 Å². The Hall–Kier alpha value is -3.37. The van der Waals surface area contributed by atoms with E-state index in [1.807, 2.05) is 75.4 Å². The monoisotopic (exact) mass is 416 g/mol. The molecule has 0 saturated heterocycles. The number of nitrogens with one attached hydrogen (secondary N) is 1. The minimum Gasteiger partial charge on any atom is -0.438 e. The summed E-state index contributed by atoms with van der Waals surface area (Å²) in [6, 6.07) is 20.7. The number of nitrogens with zero attached hydrogens (tertiary/aromatic N) is 1. The fraction of sp³-hybridized carbons (Fsp3) is 0.120. The number of rotatable bonds is 3. The molecule has 0 unspecified atom stereocenters. The molecule has 1 heterocycles. The summed E-state index contributed by atoms with van der Waals surface area (Å²) in [5, 5.41) is 4.42. The van der Waals surface area contributed by atoms with Crippen LogP contribution >= 0.6 is 11.6 Å². The lowest BCUT2D eigenvalue weighted by Crippen LogP contribution is -2.22. The van der Waals surface area contributed by atoms with E-state index in [2.05, 4.69) is 10.3 Å². The largest absolute Gasteiger partial charge is 0.438 e. The zero-order chi connectivity index (χ0) is 21.3. The Morgan fingerprint density at radius 1 is 0.967 bits per heavy atom. The van der Waals surface area contributed by atoms with E-state index in [0.717, 1.165) is 27.8 Å². The Bertz CT molecular complexity index is 1340. The van der Waals surface area contributed by atoms with E-state index in [9.17, 15) is 4.79 Å². The summed E-state index contributed by atoms with van der Waals surface area (Å²) >= 11 is 6.25. The van der Waals surface area contributed by atoms with E-state index in [-0.39, 0.29) is 11.5 Å². The third kappa shape index (κ3) is 4.00. The normalized spacial score (nSPS) is 11.7. The van der Waals surface area contributed by atoms with E-state index in [1.165, 1.54) is 0 Å². The summed E-state index contributed by atoms with van der Waals surface area (Å²) in [6.45, 7) is 5.87. The number of aryl methyl sites for hydroxylation is 2. The van der Waals surface area contributed by atoms with Crippen LogP contribution in [0.3, 0.4) is 0 Å². The summed E-state index contributed by atoms with van der Waals surface area (Å²) in [5.41, 5.74) is 5.60. The summed E-state index contributed by atoms with van der Waals surface area (Å²) in [7, 11) is 0. The molecule has 0 aliphatic heterocycles. The number of carbonyl (C=O) groups is 1. The van der Waals surface area contributed by atoms with Crippen molar-refractivity contribution < 1.29 is 9.21 Å². The van der Waals surface area contributed by atoms with Crippen LogP contribution in [-0.4, -0.2) is 5.91 Å². The minimum atomic E-state index is -0.283. The SMILES string of the molecule is Cc1ccc(NC(=O)c2cc3ccccc3oc2=Nc2cccc(Cl)c2C)c(C)c1. The lowest BCUT2D eigenvalue weighted by atomic mass is 10.1. The molecule has 0 radical (unpaired) electrons. The highest BCUT2D eigenvalue weighted by Gasteiger charge is 2.14. The number of benzene rings is 3. The zero-order valence-corrected chi connectivity index (χ0v) is 17.7. The van der Waals surface area contributed by atoms with Gasteiger partial charge < -0.3 is 9.73 Å². The molecule has 0 saturated carbocycles. The number of amides is 1. The average molecular weight is 417 g/mol. The first-order valence-electron chi connectivity index (χ1n) is 9.64. The lowest BCUT2D eigenvalue weighted by Gasteiger charge is -2.10. The van der Waals surface area contributed by atoms with Gasteiger partial charge in [0.15, 0.2) is 0 Å². The van der Waals surface area contributed by atoms with Crippen molar-refractivity contribution in [3.8, 4) is 0 Å². The number of halogens is 1. The summed E-state index contributed by atoms with van der Waals surface area (Å²) in [6.07, 6.45) is 0. The maximum Gasteiger partial charge on any atom is 0.261 e. The number of para-hydroxylation sites is 1. The summed E-state index contributed by atoms with van der Waals surface area (Å²) in [5.74, 6) is -0.283. The van der Waals surface area contributed by atoms with Crippen LogP contribution in [0.4, 0.5) is 11.4 Å². The molecular formula is C25H21ClN2O2. The second kappa shape index (κ2) is 8.17. The van der Waals surface area contributed by atoms with E-state index in [0.29, 0.717) is 21.9 Å². The molecule has 0 fully saturated rings. The van der Waals surface area contributed by atoms with Gasteiger partial charge >= 0.3 is 0 Å². The highest BCUT2D eigenvalue weighted by atomic mass is 35.5. The molecule has 0 aliphatic rings. The third-order valence-electron chi connectivity index (χ3n) is 4.99. The zero-order valence-electron chi connectivity index (χ0n) is 17.0. The van der Waals surface area contributed by atoms with Crippen molar-refractivity contribution in [2.75, 3.05) is 5.32 Å². The molecule has 4 aromatic rings. The predicted molar refractivity (Wildman–Crippen MR) is 121 cm³/mol. The molecule has 30 heavy (non-hydrogen) atoms. The van der Waals surface area contributed by atoms with Gasteiger partial charge in [-0.05, 0) is 62.2 Å². The molecule has 4 rings (SSSR count). The Morgan fingerprint density at radius 3 is 2.57 bits per heavy atom. The molecule has 1 aromatic heterocycles. The van der Waals surface area contributed by atoms with Crippen molar-refractivity contribution in [3.63, 3.8) is 0 Å². The van der Waals surface area contributed by atoms with Crippen molar-refractivity contribution in [1.29, 1.82) is 0 Å². The van der Waals surface area contributed by atoms with Gasteiger partial charge in [-0.15, -0.1) is 0 Å². The molecule has 1 amide bonds. The fourth-order valence-electron chi connectivity index (χ4n) is 3.28. The first-order chi connectivity index (χ1) is 14.4. The standard InChI is InChI=1S/C25H21ClN2O2/c1-15-11-12-21(16(2)13-15)27-24(29)19-14-18-7-4-5-10-23(18)30-25(19)28-22-9-6-8-20(26)17(22)3/h4-14H,1-3H3,(H,27,29). The number of fused-ring (bicyclic) bond motifs is 1. The maximum atomic E-state index is 13.2. The second-order valence-electron chi connectivity index (χ2n) is 7.27. The van der Waals surface area contributed by atoms with Crippen LogP contribution in [0.1, 0.15) is 27.0 Å². The van der Waals surface area contributed by atoms with Crippen molar-refractivity contribution in [2.24, 2.45) is 4.99 Å². The molecule has 0 spiro atoms. The van der Waals surface area contributed by atoms with Gasteiger partial charge in [0.25, 0.3) is 5.91 Å². The molecule has 5 heteroatoms. The second-order valence-corrected chi connectivity index (χ2v) is 7.68. The van der Waals surface area contributed by atoms with Gasteiger partial charge in [-0.1, -0.05) is 53.6 Å². The quantitative estimate of drug-likeness (QED) is 0.414. The predicted octanol–water partition coefficient (Wildman–Crippen LogP) is 6.50. The van der Waals surface area contributed by atoms with E-state index in [4.69, 9.17) is 16.0 Å². The van der Waals surface area contributed by atoms with E-state index < -0.39 is 0 Å².